The average molecular weight is 783 g/mol. The van der Waals surface area contributed by atoms with Crippen LogP contribution in [-0.2, 0) is 36.5 Å². The van der Waals surface area contributed by atoms with Gasteiger partial charge in [-0.15, -0.1) is 0 Å². The monoisotopic (exact) mass is 780 g/mol. The van der Waals surface area contributed by atoms with Crippen LogP contribution in [0.2, 0.25) is 0 Å². The summed E-state index contributed by atoms with van der Waals surface area (Å²) in [6.07, 6.45) is 4.01. The summed E-state index contributed by atoms with van der Waals surface area (Å²) in [7, 11) is 0. The maximum absolute atomic E-state index is 4.06. The third kappa shape index (κ3) is 7.34. The highest BCUT2D eigenvalue weighted by atomic mass is 79.9. The maximum Gasteiger partial charge on any atom is 0.0332 e. The van der Waals surface area contributed by atoms with E-state index in [0.29, 0.717) is 0 Å². The van der Waals surface area contributed by atoms with E-state index in [1.54, 1.807) is 0 Å². The van der Waals surface area contributed by atoms with Gasteiger partial charge in [0.25, 0.3) is 0 Å². The Balaban J connectivity index is 1.32. The SMILES string of the molecule is CC(C)(C)c1cc2c(Br)c(c1)-c1ccc(cc1)CCc1ccc(cc1)-c1cc(C(C)(C)C)cc(c1Br)-c1ccc(cc1)CCc1ccc-2cc1. The number of benzene rings is 6. The van der Waals surface area contributed by atoms with Crippen LogP contribution in [0.4, 0.5) is 0 Å². The van der Waals surface area contributed by atoms with Crippen molar-refractivity contribution in [3.05, 3.63) is 164 Å². The van der Waals surface area contributed by atoms with Gasteiger partial charge in [-0.3, -0.25) is 0 Å². The quantitative estimate of drug-likeness (QED) is 0.144. The van der Waals surface area contributed by atoms with Crippen LogP contribution in [0.15, 0.2) is 130 Å². The van der Waals surface area contributed by atoms with E-state index in [1.807, 2.05) is 0 Å². The summed E-state index contributed by atoms with van der Waals surface area (Å²) >= 11 is 8.12. The first kappa shape index (κ1) is 34.7. The summed E-state index contributed by atoms with van der Waals surface area (Å²) in [5.74, 6) is 0. The predicted molar refractivity (Wildman–Crippen MR) is 222 cm³/mol. The largest absolute Gasteiger partial charge is 0.0584 e. The second kappa shape index (κ2) is 13.8. The van der Waals surface area contributed by atoms with Crippen molar-refractivity contribution in [2.45, 2.75) is 78.1 Å². The Hall–Kier alpha value is -3.72. The molecule has 252 valence electrons. The first-order valence-electron chi connectivity index (χ1n) is 17.9. The molecule has 7 aliphatic rings. The molecule has 0 aromatic heterocycles. The molecule has 0 N–H and O–H groups in total. The number of hydrogen-bond acceptors (Lipinski definition) is 0. The standard InChI is InChI=1S/C48H46Br2/c1-47(2,3)39-27-41-35-19-11-31(12-20-35)7-9-33-15-23-37(24-16-33)43-29-40(48(4,5)6)30-44(46(43)50)38-25-17-34(18-26-38)10-8-32-13-21-36(22-14-32)42(28-39)45(41)49/h11-30H,7-10H2,1-6H3. The van der Waals surface area contributed by atoms with Gasteiger partial charge >= 0.3 is 0 Å². The Morgan fingerprint density at radius 3 is 0.720 bits per heavy atom. The topological polar surface area (TPSA) is 0 Å². The second-order valence-electron chi connectivity index (χ2n) is 16.1. The fourth-order valence-corrected chi connectivity index (χ4v) is 8.31. The summed E-state index contributed by atoms with van der Waals surface area (Å²) in [4.78, 5) is 0. The molecule has 0 nitrogen and oxygen atoms in total. The highest BCUT2D eigenvalue weighted by Gasteiger charge is 2.21. The molecule has 6 aromatic rings. The lowest BCUT2D eigenvalue weighted by molar-refractivity contribution is 0.590. The Morgan fingerprint density at radius 2 is 0.540 bits per heavy atom. The molecule has 13 rings (SSSR count). The molecule has 0 radical (unpaired) electrons. The minimum atomic E-state index is 0.0304. The third-order valence-corrected chi connectivity index (χ3v) is 12.1. The van der Waals surface area contributed by atoms with Crippen molar-refractivity contribution in [1.82, 2.24) is 0 Å². The van der Waals surface area contributed by atoms with Crippen molar-refractivity contribution in [2.75, 3.05) is 0 Å². The van der Waals surface area contributed by atoms with Gasteiger partial charge in [0.2, 0.25) is 0 Å². The molecule has 0 fully saturated rings. The van der Waals surface area contributed by atoms with Gasteiger partial charge in [0.1, 0.15) is 0 Å². The smallest absolute Gasteiger partial charge is 0.0332 e. The molecular formula is C48H46Br2. The minimum absolute atomic E-state index is 0.0304. The van der Waals surface area contributed by atoms with Crippen molar-refractivity contribution < 1.29 is 0 Å². The molecule has 0 atom stereocenters. The molecule has 0 heterocycles. The molecule has 6 aromatic carbocycles. The minimum Gasteiger partial charge on any atom is -0.0584 e. The fraction of sp³-hybridized carbons (Fsp3) is 0.250. The van der Waals surface area contributed by atoms with Gasteiger partial charge in [0.15, 0.2) is 0 Å². The van der Waals surface area contributed by atoms with Gasteiger partial charge in [0, 0.05) is 8.95 Å². The van der Waals surface area contributed by atoms with E-state index < -0.39 is 0 Å². The third-order valence-electron chi connectivity index (χ3n) is 10.3. The molecule has 12 bridgehead atoms. The van der Waals surface area contributed by atoms with Gasteiger partial charge in [-0.2, -0.15) is 0 Å². The van der Waals surface area contributed by atoms with Crippen LogP contribution in [-0.4, -0.2) is 0 Å². The Kier molecular flexibility index (Phi) is 9.56. The number of hydrogen-bond donors (Lipinski definition) is 0. The van der Waals surface area contributed by atoms with Crippen LogP contribution in [0.1, 0.15) is 74.9 Å². The van der Waals surface area contributed by atoms with Crippen LogP contribution in [0.25, 0.3) is 44.5 Å². The first-order chi connectivity index (χ1) is 23.8. The van der Waals surface area contributed by atoms with E-state index in [1.165, 1.54) is 77.9 Å². The van der Waals surface area contributed by atoms with Crippen molar-refractivity contribution in [3.8, 4) is 44.5 Å². The first-order valence-corrected chi connectivity index (χ1v) is 19.5. The van der Waals surface area contributed by atoms with E-state index >= 15 is 0 Å². The average Bonchev–Trinajstić information content (AvgIpc) is 3.10. The molecule has 0 amide bonds. The molecular weight excluding hydrogens is 736 g/mol. The van der Waals surface area contributed by atoms with Crippen molar-refractivity contribution >= 4 is 31.9 Å². The highest BCUT2D eigenvalue weighted by Crippen LogP contribution is 2.43. The van der Waals surface area contributed by atoms with Crippen LogP contribution in [0.5, 0.6) is 0 Å². The van der Waals surface area contributed by atoms with E-state index in [9.17, 15) is 0 Å². The van der Waals surface area contributed by atoms with Gasteiger partial charge in [0.05, 0.1) is 0 Å². The van der Waals surface area contributed by atoms with Crippen molar-refractivity contribution in [1.29, 1.82) is 0 Å². The second-order valence-corrected chi connectivity index (χ2v) is 17.6. The Morgan fingerprint density at radius 1 is 0.340 bits per heavy atom. The fourth-order valence-electron chi connectivity index (χ4n) is 6.94. The molecule has 50 heavy (non-hydrogen) atoms. The zero-order chi connectivity index (χ0) is 35.2. The molecule has 0 spiro atoms. The summed E-state index contributed by atoms with van der Waals surface area (Å²) in [6.45, 7) is 13.8. The number of halogens is 2. The van der Waals surface area contributed by atoms with E-state index in [0.717, 1.165) is 34.6 Å². The highest BCUT2D eigenvalue weighted by molar-refractivity contribution is 9.11. The summed E-state index contributed by atoms with van der Waals surface area (Å²) < 4.78 is 2.30. The summed E-state index contributed by atoms with van der Waals surface area (Å²) in [6, 6.07) is 46.3. The van der Waals surface area contributed by atoms with Crippen molar-refractivity contribution in [3.63, 3.8) is 0 Å². The lowest BCUT2D eigenvalue weighted by Crippen LogP contribution is -2.11. The van der Waals surface area contributed by atoms with Gasteiger partial charge < -0.3 is 0 Å². The zero-order valence-electron chi connectivity index (χ0n) is 30.1. The zero-order valence-corrected chi connectivity index (χ0v) is 33.3. The van der Waals surface area contributed by atoms with Gasteiger partial charge in [-0.25, -0.2) is 0 Å². The van der Waals surface area contributed by atoms with Crippen LogP contribution in [0, 0.1) is 0 Å². The van der Waals surface area contributed by atoms with E-state index in [2.05, 4.69) is 195 Å². The molecule has 0 saturated carbocycles. The predicted octanol–water partition coefficient (Wildman–Crippen LogP) is 14.4. The van der Waals surface area contributed by atoms with E-state index in [4.69, 9.17) is 0 Å². The van der Waals surface area contributed by atoms with Gasteiger partial charge in [-0.05, 0) is 171 Å². The normalized spacial score (nSPS) is 13.3. The van der Waals surface area contributed by atoms with Crippen LogP contribution < -0.4 is 0 Å². The number of rotatable bonds is 0. The van der Waals surface area contributed by atoms with E-state index in [-0.39, 0.29) is 10.8 Å². The number of aryl methyl sites for hydroxylation is 4. The summed E-state index contributed by atoms with van der Waals surface area (Å²) in [5, 5.41) is 0. The lowest BCUT2D eigenvalue weighted by atomic mass is 9.83. The molecule has 0 unspecified atom stereocenters. The molecule has 7 aliphatic carbocycles. The molecule has 2 heteroatoms. The van der Waals surface area contributed by atoms with Crippen LogP contribution in [0.3, 0.4) is 0 Å². The van der Waals surface area contributed by atoms with Crippen LogP contribution >= 0.6 is 31.9 Å². The Labute approximate surface area is 316 Å². The molecule has 0 saturated heterocycles. The maximum atomic E-state index is 4.06. The Bertz CT molecular complexity index is 1840. The molecule has 0 aliphatic heterocycles. The van der Waals surface area contributed by atoms with Crippen molar-refractivity contribution in [2.24, 2.45) is 0 Å². The van der Waals surface area contributed by atoms with Gasteiger partial charge in [-0.1, -0.05) is 139 Å². The lowest BCUT2D eigenvalue weighted by Gasteiger charge is -2.23. The summed E-state index contributed by atoms with van der Waals surface area (Å²) in [5.41, 5.74) is 18.1.